The average Bonchev–Trinajstić information content (AvgIpc) is 3.43. The minimum atomic E-state index is -4.58. The first kappa shape index (κ1) is 31.7. The lowest BCUT2D eigenvalue weighted by atomic mass is 10.0. The number of aromatic nitrogens is 3. The molecule has 0 aliphatic carbocycles. The number of alkyl halides is 3. The normalized spacial score (nSPS) is 14.2. The summed E-state index contributed by atoms with van der Waals surface area (Å²) < 4.78 is 44.0. The highest BCUT2D eigenvalue weighted by Crippen LogP contribution is 2.35. The monoisotopic (exact) mass is 617 g/mol. The molecule has 1 saturated heterocycles. The van der Waals surface area contributed by atoms with Crippen LogP contribution in [0.2, 0.25) is 0 Å². The van der Waals surface area contributed by atoms with Gasteiger partial charge >= 0.3 is 6.18 Å². The Bertz CT molecular complexity index is 1750. The Balaban J connectivity index is 1.24. The number of anilines is 1. The molecule has 2 N–H and O–H groups in total. The number of amides is 2. The number of piperazine rings is 1. The van der Waals surface area contributed by atoms with E-state index < -0.39 is 17.6 Å². The summed E-state index contributed by atoms with van der Waals surface area (Å²) >= 11 is 0. The third-order valence-electron chi connectivity index (χ3n) is 7.66. The first-order valence-corrected chi connectivity index (χ1v) is 14.7. The number of hydrogen-bond acceptors (Lipinski definition) is 6. The van der Waals surface area contributed by atoms with Crippen LogP contribution >= 0.6 is 0 Å². The van der Waals surface area contributed by atoms with Gasteiger partial charge in [0.05, 0.1) is 11.8 Å². The van der Waals surface area contributed by atoms with Crippen molar-refractivity contribution in [2.75, 3.05) is 44.6 Å². The molecule has 0 atom stereocenters. The Morgan fingerprint density at radius 3 is 2.53 bits per heavy atom. The maximum atomic E-state index is 14.1. The van der Waals surface area contributed by atoms with Gasteiger partial charge in [0.2, 0.25) is 5.91 Å². The number of hydrogen-bond donors (Lipinski definition) is 2. The summed E-state index contributed by atoms with van der Waals surface area (Å²) in [5.41, 5.74) is 2.41. The number of rotatable bonds is 8. The van der Waals surface area contributed by atoms with Crippen LogP contribution in [0.3, 0.4) is 0 Å². The summed E-state index contributed by atoms with van der Waals surface area (Å²) in [5, 5.41) is 9.64. The molecule has 45 heavy (non-hydrogen) atoms. The summed E-state index contributed by atoms with van der Waals surface area (Å²) in [5.74, 6) is 5.49. The van der Waals surface area contributed by atoms with Crippen LogP contribution in [0, 0.1) is 18.8 Å². The lowest BCUT2D eigenvalue weighted by Gasteiger charge is -2.35. The van der Waals surface area contributed by atoms with E-state index in [-0.39, 0.29) is 29.3 Å². The summed E-state index contributed by atoms with van der Waals surface area (Å²) in [6.45, 7) is 7.70. The Morgan fingerprint density at radius 1 is 1.00 bits per heavy atom. The van der Waals surface area contributed by atoms with Crippen molar-refractivity contribution < 1.29 is 22.8 Å². The van der Waals surface area contributed by atoms with E-state index in [2.05, 4.69) is 37.5 Å². The largest absolute Gasteiger partial charge is 0.416 e. The number of aryl methyl sites for hydroxylation is 1. The van der Waals surface area contributed by atoms with Crippen LogP contribution in [0.5, 0.6) is 0 Å². The molecule has 0 saturated carbocycles. The van der Waals surface area contributed by atoms with Crippen LogP contribution in [-0.2, 0) is 17.5 Å². The predicted octanol–water partition coefficient (Wildman–Crippen LogP) is 4.35. The summed E-state index contributed by atoms with van der Waals surface area (Å²) in [6.07, 6.45) is -0.514. The van der Waals surface area contributed by atoms with Gasteiger partial charge in [0, 0.05) is 69.2 Å². The van der Waals surface area contributed by atoms with Gasteiger partial charge in [0.1, 0.15) is 5.69 Å². The second-order valence-electron chi connectivity index (χ2n) is 11.0. The molecule has 1 aliphatic rings. The van der Waals surface area contributed by atoms with Crippen molar-refractivity contribution in [3.8, 4) is 11.8 Å². The van der Waals surface area contributed by atoms with Crippen LogP contribution in [0.15, 0.2) is 60.9 Å². The summed E-state index contributed by atoms with van der Waals surface area (Å²) in [7, 11) is 0. The lowest BCUT2D eigenvalue weighted by molar-refractivity contribution is -0.138. The van der Waals surface area contributed by atoms with Crippen molar-refractivity contribution in [3.63, 3.8) is 0 Å². The van der Waals surface area contributed by atoms with Crippen molar-refractivity contribution in [1.82, 2.24) is 29.7 Å². The molecule has 0 spiro atoms. The SMILES string of the molecule is CC(=O)NCCCN1CCN(Cc2ccc(NC(=O)c3ccc(C)c(C#Cc4cnc5cccnn45)c3)cc2C(F)(F)F)CC1. The van der Waals surface area contributed by atoms with Gasteiger partial charge in [-0.25, -0.2) is 9.50 Å². The highest BCUT2D eigenvalue weighted by atomic mass is 19.4. The molecule has 234 valence electrons. The van der Waals surface area contributed by atoms with E-state index in [1.54, 1.807) is 41.2 Å². The Hall–Kier alpha value is -4.73. The van der Waals surface area contributed by atoms with Gasteiger partial charge < -0.3 is 15.5 Å². The zero-order valence-corrected chi connectivity index (χ0v) is 25.1. The van der Waals surface area contributed by atoms with Gasteiger partial charge in [-0.2, -0.15) is 18.3 Å². The number of fused-ring (bicyclic) bond motifs is 1. The van der Waals surface area contributed by atoms with E-state index in [4.69, 9.17) is 0 Å². The Labute approximate surface area is 259 Å². The molecular weight excluding hydrogens is 583 g/mol. The molecule has 0 radical (unpaired) electrons. The van der Waals surface area contributed by atoms with Crippen molar-refractivity contribution in [2.24, 2.45) is 0 Å². The fourth-order valence-electron chi connectivity index (χ4n) is 5.18. The van der Waals surface area contributed by atoms with Gasteiger partial charge in [-0.05, 0) is 73.3 Å². The van der Waals surface area contributed by atoms with Crippen LogP contribution in [0.1, 0.15) is 51.7 Å². The first-order valence-electron chi connectivity index (χ1n) is 14.7. The van der Waals surface area contributed by atoms with Gasteiger partial charge in [0.25, 0.3) is 5.91 Å². The number of halogens is 3. The molecular formula is C33H34F3N7O2. The third kappa shape index (κ3) is 8.26. The van der Waals surface area contributed by atoms with E-state index in [0.29, 0.717) is 36.5 Å². The molecule has 2 aromatic carbocycles. The fraction of sp³-hybridized carbons (Fsp3) is 0.333. The number of carbonyl (C=O) groups excluding carboxylic acids is 2. The summed E-state index contributed by atoms with van der Waals surface area (Å²) in [4.78, 5) is 32.6. The average molecular weight is 618 g/mol. The second-order valence-corrected chi connectivity index (χ2v) is 11.0. The maximum absolute atomic E-state index is 14.1. The molecule has 12 heteroatoms. The van der Waals surface area contributed by atoms with E-state index >= 15 is 0 Å². The van der Waals surface area contributed by atoms with E-state index in [1.807, 2.05) is 17.9 Å². The predicted molar refractivity (Wildman–Crippen MR) is 165 cm³/mol. The van der Waals surface area contributed by atoms with E-state index in [9.17, 15) is 22.8 Å². The molecule has 0 bridgehead atoms. The molecule has 1 aliphatic heterocycles. The van der Waals surface area contributed by atoms with Crippen molar-refractivity contribution in [1.29, 1.82) is 0 Å². The molecule has 5 rings (SSSR count). The smallest absolute Gasteiger partial charge is 0.356 e. The second kappa shape index (κ2) is 13.9. The number of carbonyl (C=O) groups is 2. The Morgan fingerprint density at radius 2 is 1.78 bits per heavy atom. The lowest BCUT2D eigenvalue weighted by Crippen LogP contribution is -2.46. The standard InChI is InChI=1S/C33H34F3N7O2/c1-23-6-7-26(19-25(23)9-11-29-21-38-31-5-3-13-39-43(29)31)32(45)40-28-10-8-27(30(20-28)33(34,35)36)22-42-17-15-41(16-18-42)14-4-12-37-24(2)44/h3,5-8,10,13,19-21H,4,12,14-18,22H2,1-2H3,(H,37,44)(H,40,45). The molecule has 2 aromatic heterocycles. The minimum absolute atomic E-state index is 0.0603. The van der Waals surface area contributed by atoms with Crippen LogP contribution < -0.4 is 10.6 Å². The van der Waals surface area contributed by atoms with Crippen molar-refractivity contribution in [3.05, 3.63) is 94.4 Å². The van der Waals surface area contributed by atoms with Gasteiger partial charge in [-0.15, -0.1) is 0 Å². The Kier molecular flexibility index (Phi) is 9.80. The number of benzene rings is 2. The maximum Gasteiger partial charge on any atom is 0.416 e. The number of nitrogens with zero attached hydrogens (tertiary/aromatic N) is 5. The van der Waals surface area contributed by atoms with E-state index in [1.165, 1.54) is 19.1 Å². The number of imidazole rings is 1. The molecule has 3 heterocycles. The first-order chi connectivity index (χ1) is 21.6. The van der Waals surface area contributed by atoms with Crippen molar-refractivity contribution in [2.45, 2.75) is 33.0 Å². The number of nitrogens with one attached hydrogen (secondary N) is 2. The molecule has 9 nitrogen and oxygen atoms in total. The van der Waals surface area contributed by atoms with Gasteiger partial charge in [-0.3, -0.25) is 14.5 Å². The molecule has 4 aromatic rings. The highest BCUT2D eigenvalue weighted by Gasteiger charge is 2.34. The van der Waals surface area contributed by atoms with Crippen LogP contribution in [0.4, 0.5) is 18.9 Å². The van der Waals surface area contributed by atoms with Gasteiger partial charge in [0.15, 0.2) is 5.65 Å². The molecule has 2 amide bonds. The summed E-state index contributed by atoms with van der Waals surface area (Å²) in [6, 6.07) is 12.5. The van der Waals surface area contributed by atoms with Crippen LogP contribution in [-0.4, -0.2) is 75.5 Å². The van der Waals surface area contributed by atoms with Crippen LogP contribution in [0.25, 0.3) is 5.65 Å². The zero-order chi connectivity index (χ0) is 32.0. The van der Waals surface area contributed by atoms with E-state index in [0.717, 1.165) is 37.7 Å². The van der Waals surface area contributed by atoms with Gasteiger partial charge in [-0.1, -0.05) is 18.1 Å². The quantitative estimate of drug-likeness (QED) is 0.226. The fourth-order valence-corrected chi connectivity index (χ4v) is 5.18. The minimum Gasteiger partial charge on any atom is -0.356 e. The highest BCUT2D eigenvalue weighted by molar-refractivity contribution is 6.04. The van der Waals surface area contributed by atoms with Crippen molar-refractivity contribution >= 4 is 23.1 Å². The molecule has 0 unspecified atom stereocenters. The zero-order valence-electron chi connectivity index (χ0n) is 25.1. The third-order valence-corrected chi connectivity index (χ3v) is 7.66. The topological polar surface area (TPSA) is 94.9 Å². The molecule has 1 fully saturated rings.